The molecule has 8 nitrogen and oxygen atoms in total. The Hall–Kier alpha value is -4.24. The molecule has 160 valence electrons. The number of para-hydroxylation sites is 1. The maximum Gasteiger partial charge on any atom is 0.353 e. The van der Waals surface area contributed by atoms with Gasteiger partial charge in [0, 0.05) is 11.4 Å². The Morgan fingerprint density at radius 1 is 0.875 bits per heavy atom. The van der Waals surface area contributed by atoms with Crippen LogP contribution in [-0.4, -0.2) is 14.9 Å². The Kier molecular flexibility index (Phi) is 6.09. The van der Waals surface area contributed by atoms with E-state index in [1.54, 1.807) is 24.3 Å². The van der Waals surface area contributed by atoms with Crippen LogP contribution >= 0.6 is 11.6 Å². The van der Waals surface area contributed by atoms with E-state index in [-0.39, 0.29) is 22.3 Å². The molecule has 1 heterocycles. The van der Waals surface area contributed by atoms with E-state index in [0.29, 0.717) is 22.9 Å². The third-order valence-corrected chi connectivity index (χ3v) is 4.57. The van der Waals surface area contributed by atoms with Crippen molar-refractivity contribution in [2.75, 3.05) is 10.6 Å². The molecule has 0 fully saturated rings. The Morgan fingerprint density at radius 3 is 2.09 bits per heavy atom. The van der Waals surface area contributed by atoms with Crippen molar-refractivity contribution < 1.29 is 14.1 Å². The Bertz CT molecular complexity index is 1260. The molecular weight excluding hydrogens is 437 g/mol. The molecule has 0 spiro atoms. The van der Waals surface area contributed by atoms with Gasteiger partial charge in [-0.25, -0.2) is 14.4 Å². The lowest BCUT2D eigenvalue weighted by Crippen LogP contribution is -2.05. The summed E-state index contributed by atoms with van der Waals surface area (Å²) in [6, 6.07) is 20.0. The summed E-state index contributed by atoms with van der Waals surface area (Å²) in [7, 11) is 0. The molecule has 4 aromatic rings. The molecule has 0 unspecified atom stereocenters. The molecule has 3 aromatic carbocycles. The highest BCUT2D eigenvalue weighted by Crippen LogP contribution is 2.34. The molecular formula is C22H15ClFN5O3. The number of benzene rings is 3. The van der Waals surface area contributed by atoms with E-state index in [1.165, 1.54) is 18.5 Å². The molecule has 0 aliphatic heterocycles. The van der Waals surface area contributed by atoms with E-state index < -0.39 is 10.7 Å². The lowest BCUT2D eigenvalue weighted by molar-refractivity contribution is -0.383. The quantitative estimate of drug-likeness (QED) is 0.245. The van der Waals surface area contributed by atoms with Gasteiger partial charge in [-0.3, -0.25) is 10.1 Å². The lowest BCUT2D eigenvalue weighted by Gasteiger charge is -2.11. The van der Waals surface area contributed by atoms with E-state index >= 15 is 0 Å². The smallest absolute Gasteiger partial charge is 0.353 e. The van der Waals surface area contributed by atoms with Crippen LogP contribution < -0.4 is 15.4 Å². The second kappa shape index (κ2) is 9.27. The molecule has 0 radical (unpaired) electrons. The van der Waals surface area contributed by atoms with Gasteiger partial charge in [0.2, 0.25) is 11.6 Å². The highest BCUT2D eigenvalue weighted by molar-refractivity contribution is 6.31. The molecule has 2 N–H and O–H groups in total. The van der Waals surface area contributed by atoms with Gasteiger partial charge in [-0.05, 0) is 54.6 Å². The van der Waals surface area contributed by atoms with E-state index in [2.05, 4.69) is 20.6 Å². The Balaban J connectivity index is 1.56. The highest BCUT2D eigenvalue weighted by Gasteiger charge is 2.23. The van der Waals surface area contributed by atoms with Gasteiger partial charge in [-0.2, -0.15) is 0 Å². The normalized spacial score (nSPS) is 10.4. The van der Waals surface area contributed by atoms with Gasteiger partial charge < -0.3 is 15.4 Å². The Labute approximate surface area is 186 Å². The minimum Gasteiger partial charge on any atom is -0.457 e. The van der Waals surface area contributed by atoms with Crippen LogP contribution in [0.15, 0.2) is 79.1 Å². The number of aromatic nitrogens is 2. The second-order valence-electron chi connectivity index (χ2n) is 6.49. The zero-order chi connectivity index (χ0) is 22.5. The summed E-state index contributed by atoms with van der Waals surface area (Å²) in [6.07, 6.45) is 1.18. The van der Waals surface area contributed by atoms with Gasteiger partial charge in [-0.1, -0.05) is 29.8 Å². The van der Waals surface area contributed by atoms with Gasteiger partial charge >= 0.3 is 5.69 Å². The van der Waals surface area contributed by atoms with Gasteiger partial charge in [-0.15, -0.1) is 0 Å². The molecule has 10 heteroatoms. The zero-order valence-corrected chi connectivity index (χ0v) is 17.1. The molecule has 0 aliphatic rings. The average Bonchev–Trinajstić information content (AvgIpc) is 2.78. The first-order valence-electron chi connectivity index (χ1n) is 9.31. The summed E-state index contributed by atoms with van der Waals surface area (Å²) in [6.45, 7) is 0. The predicted molar refractivity (Wildman–Crippen MR) is 120 cm³/mol. The number of anilines is 4. The van der Waals surface area contributed by atoms with Crippen molar-refractivity contribution in [3.05, 3.63) is 100 Å². The minimum atomic E-state index is -0.608. The Morgan fingerprint density at radius 2 is 1.47 bits per heavy atom. The fraction of sp³-hybridized carbons (Fsp3) is 0. The topological polar surface area (TPSA) is 102 Å². The van der Waals surface area contributed by atoms with Crippen molar-refractivity contribution in [2.24, 2.45) is 0 Å². The number of nitro groups is 1. The molecule has 0 atom stereocenters. The van der Waals surface area contributed by atoms with Crippen LogP contribution in [0.3, 0.4) is 0 Å². The number of nitrogens with one attached hydrogen (secondary N) is 2. The fourth-order valence-corrected chi connectivity index (χ4v) is 2.99. The van der Waals surface area contributed by atoms with Gasteiger partial charge in [0.1, 0.15) is 23.6 Å². The first-order chi connectivity index (χ1) is 15.5. The van der Waals surface area contributed by atoms with Crippen molar-refractivity contribution in [1.82, 2.24) is 9.97 Å². The fourth-order valence-electron chi connectivity index (χ4n) is 2.81. The average molecular weight is 452 g/mol. The number of nitrogens with zero attached hydrogens (tertiary/aromatic N) is 3. The van der Waals surface area contributed by atoms with Crippen LogP contribution in [0.4, 0.5) is 33.1 Å². The molecule has 1 aromatic heterocycles. The van der Waals surface area contributed by atoms with Crippen LogP contribution in [0.25, 0.3) is 0 Å². The van der Waals surface area contributed by atoms with Crippen molar-refractivity contribution in [3.8, 4) is 11.5 Å². The highest BCUT2D eigenvalue weighted by atomic mass is 35.5. The molecule has 0 aliphatic carbocycles. The third-order valence-electron chi connectivity index (χ3n) is 4.28. The van der Waals surface area contributed by atoms with E-state index in [0.717, 1.165) is 6.07 Å². The zero-order valence-electron chi connectivity index (χ0n) is 16.3. The molecule has 0 saturated heterocycles. The number of hydrogen-bond donors (Lipinski definition) is 2. The summed E-state index contributed by atoms with van der Waals surface area (Å²) in [5.74, 6) is 0.610. The molecule has 4 rings (SSSR count). The maximum atomic E-state index is 13.4. The number of ether oxygens (including phenoxy) is 1. The maximum absolute atomic E-state index is 13.4. The SMILES string of the molecule is O=[N+]([O-])c1c(Nc2ccc(Oc3ccccc3)cc2)ncnc1Nc1ccc(F)c(Cl)c1. The molecule has 0 amide bonds. The van der Waals surface area contributed by atoms with Crippen molar-refractivity contribution in [3.63, 3.8) is 0 Å². The molecule has 0 saturated carbocycles. The third kappa shape index (κ3) is 4.90. The van der Waals surface area contributed by atoms with Crippen LogP contribution in [0, 0.1) is 15.9 Å². The number of rotatable bonds is 7. The van der Waals surface area contributed by atoms with Crippen molar-refractivity contribution >= 4 is 40.3 Å². The molecule has 0 bridgehead atoms. The lowest BCUT2D eigenvalue weighted by atomic mass is 10.2. The summed E-state index contributed by atoms with van der Waals surface area (Å²) in [4.78, 5) is 19.1. The first-order valence-corrected chi connectivity index (χ1v) is 9.69. The van der Waals surface area contributed by atoms with Crippen molar-refractivity contribution in [2.45, 2.75) is 0 Å². The monoisotopic (exact) mass is 451 g/mol. The van der Waals surface area contributed by atoms with Crippen molar-refractivity contribution in [1.29, 1.82) is 0 Å². The standard InChI is InChI=1S/C22H15ClFN5O3/c23-18-12-15(8-11-19(18)24)28-22-20(29(30)31)21(25-13-26-22)27-14-6-9-17(10-7-14)32-16-4-2-1-3-5-16/h1-13H,(H2,25,26,27,28). The van der Waals surface area contributed by atoms with E-state index in [1.807, 2.05) is 30.3 Å². The van der Waals surface area contributed by atoms with Crippen LogP contribution in [0.2, 0.25) is 5.02 Å². The summed E-state index contributed by atoms with van der Waals surface area (Å²) < 4.78 is 19.1. The number of hydrogen-bond acceptors (Lipinski definition) is 7. The summed E-state index contributed by atoms with van der Waals surface area (Å²) in [5, 5.41) is 17.3. The second-order valence-corrected chi connectivity index (χ2v) is 6.90. The van der Waals surface area contributed by atoms with Crippen LogP contribution in [-0.2, 0) is 0 Å². The minimum absolute atomic E-state index is 0.0163. The number of halogens is 2. The van der Waals surface area contributed by atoms with E-state index in [4.69, 9.17) is 16.3 Å². The van der Waals surface area contributed by atoms with Gasteiger partial charge in [0.05, 0.1) is 9.95 Å². The predicted octanol–water partition coefficient (Wildman–Crippen LogP) is 6.46. The van der Waals surface area contributed by atoms with Crippen LogP contribution in [0.1, 0.15) is 0 Å². The van der Waals surface area contributed by atoms with Gasteiger partial charge in [0.25, 0.3) is 0 Å². The largest absolute Gasteiger partial charge is 0.457 e. The van der Waals surface area contributed by atoms with Gasteiger partial charge in [0.15, 0.2) is 0 Å². The van der Waals surface area contributed by atoms with E-state index in [9.17, 15) is 14.5 Å². The summed E-state index contributed by atoms with van der Waals surface area (Å²) in [5.41, 5.74) is 0.520. The molecule has 32 heavy (non-hydrogen) atoms. The summed E-state index contributed by atoms with van der Waals surface area (Å²) >= 11 is 5.78. The first kappa shape index (κ1) is 21.0. The van der Waals surface area contributed by atoms with Crippen LogP contribution in [0.5, 0.6) is 11.5 Å².